The first-order valence-corrected chi connectivity index (χ1v) is 10.2. The molecule has 2 heterocycles. The Morgan fingerprint density at radius 1 is 1.40 bits per heavy atom. The van der Waals surface area contributed by atoms with E-state index in [-0.39, 0.29) is 18.1 Å². The Hall–Kier alpha value is -3.05. The van der Waals surface area contributed by atoms with E-state index in [1.165, 1.54) is 28.8 Å². The van der Waals surface area contributed by atoms with Gasteiger partial charge in [0.2, 0.25) is 5.91 Å². The standard InChI is InChI=1S/C19H21N3O7S/c1-3-28-19(27)29-11-6-4-5-10(7-11)12(20)15(23)21-13-16(24)22-14(18(25)26)9(2)8-30-17(13)22/h4-7,12-13,17H,3,8,20H2,1-2H3,(H,21,23)(H,25,26)/t12-,13-,17-/m1/s1. The first-order valence-electron chi connectivity index (χ1n) is 9.12. The number of nitrogens with one attached hydrogen (secondary N) is 1. The van der Waals surface area contributed by atoms with Crippen molar-refractivity contribution in [2.24, 2.45) is 5.73 Å². The third kappa shape index (κ3) is 4.12. The van der Waals surface area contributed by atoms with E-state index in [4.69, 9.17) is 15.2 Å². The van der Waals surface area contributed by atoms with Gasteiger partial charge >= 0.3 is 12.1 Å². The lowest BCUT2D eigenvalue weighted by atomic mass is 10.0. The van der Waals surface area contributed by atoms with Crippen LogP contribution in [0.4, 0.5) is 4.79 Å². The van der Waals surface area contributed by atoms with Gasteiger partial charge in [-0.15, -0.1) is 11.8 Å². The summed E-state index contributed by atoms with van der Waals surface area (Å²) in [4.78, 5) is 49.2. The normalized spacial score (nSPS) is 21.3. The summed E-state index contributed by atoms with van der Waals surface area (Å²) in [6, 6.07) is 4.11. The number of hydrogen-bond donors (Lipinski definition) is 3. The van der Waals surface area contributed by atoms with Crippen LogP contribution in [0.15, 0.2) is 35.5 Å². The maximum absolute atomic E-state index is 12.6. The second-order valence-corrected chi connectivity index (χ2v) is 7.77. The predicted molar refractivity (Wildman–Crippen MR) is 106 cm³/mol. The summed E-state index contributed by atoms with van der Waals surface area (Å²) >= 11 is 1.37. The lowest BCUT2D eigenvalue weighted by Gasteiger charge is -2.49. The molecule has 11 heteroatoms. The zero-order chi connectivity index (χ0) is 22.0. The van der Waals surface area contributed by atoms with Crippen LogP contribution in [0.2, 0.25) is 0 Å². The Bertz CT molecular complexity index is 932. The van der Waals surface area contributed by atoms with Gasteiger partial charge < -0.3 is 25.6 Å². The van der Waals surface area contributed by atoms with E-state index in [0.717, 1.165) is 0 Å². The first kappa shape index (κ1) is 21.7. The zero-order valence-electron chi connectivity index (χ0n) is 16.3. The van der Waals surface area contributed by atoms with Crippen molar-refractivity contribution in [2.75, 3.05) is 12.4 Å². The summed E-state index contributed by atoms with van der Waals surface area (Å²) < 4.78 is 9.70. The summed E-state index contributed by atoms with van der Waals surface area (Å²) in [7, 11) is 0. The fourth-order valence-electron chi connectivity index (χ4n) is 3.18. The Morgan fingerprint density at radius 2 is 2.13 bits per heavy atom. The SMILES string of the molecule is CCOC(=O)Oc1cccc([C@@H](N)C(=O)N[C@@H]2C(=O)N3C(C(=O)O)=C(C)CS[C@H]23)c1. The van der Waals surface area contributed by atoms with E-state index < -0.39 is 41.4 Å². The number of aliphatic carboxylic acids is 1. The minimum absolute atomic E-state index is 0.0395. The van der Waals surface area contributed by atoms with Gasteiger partial charge in [-0.1, -0.05) is 12.1 Å². The Morgan fingerprint density at radius 3 is 2.80 bits per heavy atom. The molecule has 0 unspecified atom stereocenters. The van der Waals surface area contributed by atoms with Gasteiger partial charge in [0.25, 0.3) is 5.91 Å². The number of hydrogen-bond acceptors (Lipinski definition) is 8. The highest BCUT2D eigenvalue weighted by Gasteiger charge is 2.53. The third-order valence-corrected chi connectivity index (χ3v) is 6.05. The van der Waals surface area contributed by atoms with E-state index in [1.54, 1.807) is 26.0 Å². The van der Waals surface area contributed by atoms with Crippen molar-refractivity contribution >= 4 is 35.7 Å². The molecular formula is C19H21N3O7S. The molecule has 1 saturated heterocycles. The van der Waals surface area contributed by atoms with Crippen molar-refractivity contribution in [2.45, 2.75) is 31.3 Å². The van der Waals surface area contributed by atoms with Crippen molar-refractivity contribution in [1.82, 2.24) is 10.2 Å². The van der Waals surface area contributed by atoms with Crippen LogP contribution in [0.1, 0.15) is 25.5 Å². The average molecular weight is 435 g/mol. The molecule has 3 atom stereocenters. The summed E-state index contributed by atoms with van der Waals surface area (Å²) in [5.74, 6) is -1.67. The second-order valence-electron chi connectivity index (χ2n) is 6.67. The summed E-state index contributed by atoms with van der Waals surface area (Å²) in [6.45, 7) is 3.46. The summed E-state index contributed by atoms with van der Waals surface area (Å²) in [6.07, 6.45) is -0.875. The molecule has 0 radical (unpaired) electrons. The van der Waals surface area contributed by atoms with Crippen molar-refractivity contribution in [3.63, 3.8) is 0 Å². The number of rotatable bonds is 6. The Kier molecular flexibility index (Phi) is 6.32. The van der Waals surface area contributed by atoms with Crippen LogP contribution in [0, 0.1) is 0 Å². The minimum atomic E-state index is -1.17. The maximum atomic E-state index is 12.6. The van der Waals surface area contributed by atoms with Gasteiger partial charge in [-0.05, 0) is 37.1 Å². The molecule has 30 heavy (non-hydrogen) atoms. The number of thioether (sulfide) groups is 1. The largest absolute Gasteiger partial charge is 0.513 e. The second kappa shape index (κ2) is 8.76. The number of β-lactam (4-membered cyclic amide) rings is 1. The molecule has 0 spiro atoms. The van der Waals surface area contributed by atoms with Crippen molar-refractivity contribution in [3.8, 4) is 5.75 Å². The van der Waals surface area contributed by atoms with E-state index in [1.807, 2.05) is 0 Å². The summed E-state index contributed by atoms with van der Waals surface area (Å²) in [5.41, 5.74) is 6.94. The number of carboxylic acids is 1. The molecule has 10 nitrogen and oxygen atoms in total. The molecule has 0 saturated carbocycles. The van der Waals surface area contributed by atoms with Crippen LogP contribution in [0.3, 0.4) is 0 Å². The highest BCUT2D eigenvalue weighted by atomic mass is 32.2. The lowest BCUT2D eigenvalue weighted by Crippen LogP contribution is -2.71. The van der Waals surface area contributed by atoms with Crippen LogP contribution in [0.25, 0.3) is 0 Å². The number of nitrogens with zero attached hydrogens (tertiary/aromatic N) is 1. The van der Waals surface area contributed by atoms with E-state index in [9.17, 15) is 24.3 Å². The predicted octanol–water partition coefficient (Wildman–Crippen LogP) is 0.980. The fourth-order valence-corrected chi connectivity index (χ4v) is 4.48. The Labute approximate surface area is 176 Å². The molecule has 2 amide bonds. The fraction of sp³-hybridized carbons (Fsp3) is 0.368. The van der Waals surface area contributed by atoms with Gasteiger partial charge in [0.15, 0.2) is 0 Å². The minimum Gasteiger partial charge on any atom is -0.477 e. The third-order valence-electron chi connectivity index (χ3n) is 4.62. The number of ether oxygens (including phenoxy) is 2. The maximum Gasteiger partial charge on any atom is 0.513 e. The number of carbonyl (C=O) groups excluding carboxylic acids is 3. The highest BCUT2D eigenvalue weighted by Crippen LogP contribution is 2.40. The van der Waals surface area contributed by atoms with Gasteiger partial charge in [0, 0.05) is 5.75 Å². The smallest absolute Gasteiger partial charge is 0.477 e. The van der Waals surface area contributed by atoms with Crippen LogP contribution in [-0.4, -0.2) is 57.7 Å². The van der Waals surface area contributed by atoms with Gasteiger partial charge in [-0.25, -0.2) is 9.59 Å². The number of fused-ring (bicyclic) bond motifs is 1. The molecule has 2 aliphatic rings. The zero-order valence-corrected chi connectivity index (χ0v) is 17.1. The van der Waals surface area contributed by atoms with Crippen molar-refractivity contribution < 1.29 is 33.8 Å². The molecule has 4 N–H and O–H groups in total. The molecule has 160 valence electrons. The van der Waals surface area contributed by atoms with Crippen molar-refractivity contribution in [3.05, 3.63) is 41.1 Å². The van der Waals surface area contributed by atoms with E-state index in [0.29, 0.717) is 16.9 Å². The molecule has 1 aromatic carbocycles. The number of amides is 2. The molecule has 3 rings (SSSR count). The molecule has 0 aliphatic carbocycles. The molecule has 1 fully saturated rings. The van der Waals surface area contributed by atoms with Gasteiger partial charge in [-0.2, -0.15) is 0 Å². The molecule has 1 aromatic rings. The monoisotopic (exact) mass is 435 g/mol. The van der Waals surface area contributed by atoms with Gasteiger partial charge in [0.05, 0.1) is 6.61 Å². The van der Waals surface area contributed by atoms with Crippen LogP contribution in [0.5, 0.6) is 5.75 Å². The molecular weight excluding hydrogens is 414 g/mol. The number of nitrogens with two attached hydrogens (primary N) is 1. The van der Waals surface area contributed by atoms with Crippen LogP contribution < -0.4 is 15.8 Å². The van der Waals surface area contributed by atoms with E-state index >= 15 is 0 Å². The average Bonchev–Trinajstić information content (AvgIpc) is 2.71. The van der Waals surface area contributed by atoms with Crippen LogP contribution in [-0.2, 0) is 19.1 Å². The van der Waals surface area contributed by atoms with Gasteiger partial charge in [-0.3, -0.25) is 14.5 Å². The highest BCUT2D eigenvalue weighted by molar-refractivity contribution is 8.00. The molecule has 0 bridgehead atoms. The molecule has 0 aromatic heterocycles. The lowest BCUT2D eigenvalue weighted by molar-refractivity contribution is -0.150. The van der Waals surface area contributed by atoms with Gasteiger partial charge in [0.1, 0.15) is 28.9 Å². The summed E-state index contributed by atoms with van der Waals surface area (Å²) in [5, 5.41) is 11.5. The number of carbonyl (C=O) groups is 4. The topological polar surface area (TPSA) is 148 Å². The number of carboxylic acid groups (broad SMARTS) is 1. The first-order chi connectivity index (χ1) is 14.2. The van der Waals surface area contributed by atoms with E-state index in [2.05, 4.69) is 5.32 Å². The van der Waals surface area contributed by atoms with Crippen LogP contribution >= 0.6 is 11.8 Å². The quantitative estimate of drug-likeness (QED) is 0.338. The Balaban J connectivity index is 1.67. The number of benzene rings is 1. The van der Waals surface area contributed by atoms with Crippen molar-refractivity contribution in [1.29, 1.82) is 0 Å². The molecule has 2 aliphatic heterocycles.